The summed E-state index contributed by atoms with van der Waals surface area (Å²) in [6.07, 6.45) is 1.80. The van der Waals surface area contributed by atoms with Gasteiger partial charge >= 0.3 is 6.09 Å². The third-order valence-corrected chi connectivity index (χ3v) is 7.02. The van der Waals surface area contributed by atoms with Gasteiger partial charge in [0.05, 0.1) is 12.1 Å². The van der Waals surface area contributed by atoms with Crippen LogP contribution < -0.4 is 10.6 Å². The van der Waals surface area contributed by atoms with Gasteiger partial charge in [-0.15, -0.1) is 0 Å². The molecule has 3 amide bonds. The summed E-state index contributed by atoms with van der Waals surface area (Å²) < 4.78 is 5.61. The fraction of sp³-hybridized carbons (Fsp3) is 0.536. The second-order valence-corrected chi connectivity index (χ2v) is 11.1. The van der Waals surface area contributed by atoms with E-state index in [1.165, 1.54) is 11.2 Å². The van der Waals surface area contributed by atoms with E-state index in [0.717, 1.165) is 24.0 Å². The lowest BCUT2D eigenvalue weighted by molar-refractivity contribution is -0.129. The Bertz CT molecular complexity index is 1190. The molecule has 210 valence electrons. The Morgan fingerprint density at radius 3 is 2.49 bits per heavy atom. The number of carbonyl (C=O) groups excluding carboxylic acids is 3. The van der Waals surface area contributed by atoms with Gasteiger partial charge in [0.1, 0.15) is 23.4 Å². The van der Waals surface area contributed by atoms with Crippen LogP contribution in [0.15, 0.2) is 36.7 Å². The lowest BCUT2D eigenvalue weighted by Crippen LogP contribution is -2.54. The maximum Gasteiger partial charge on any atom is 0.410 e. The molecule has 0 spiro atoms. The van der Waals surface area contributed by atoms with E-state index in [4.69, 9.17) is 4.74 Å². The Labute approximate surface area is 228 Å². The molecule has 11 heteroatoms. The highest BCUT2D eigenvalue weighted by Gasteiger charge is 2.37. The monoisotopic (exact) mass is 538 g/mol. The van der Waals surface area contributed by atoms with Gasteiger partial charge < -0.3 is 25.4 Å². The van der Waals surface area contributed by atoms with Crippen molar-refractivity contribution in [1.82, 2.24) is 25.1 Å². The van der Waals surface area contributed by atoms with E-state index in [1.54, 1.807) is 33.8 Å². The van der Waals surface area contributed by atoms with Crippen molar-refractivity contribution < 1.29 is 24.2 Å². The van der Waals surface area contributed by atoms with Gasteiger partial charge in [-0.3, -0.25) is 14.5 Å². The van der Waals surface area contributed by atoms with Crippen molar-refractivity contribution in [2.45, 2.75) is 77.3 Å². The molecule has 1 aromatic carbocycles. The molecule has 0 aliphatic carbocycles. The fourth-order valence-corrected chi connectivity index (χ4v) is 4.94. The molecule has 1 fully saturated rings. The molecule has 2 aliphatic heterocycles. The van der Waals surface area contributed by atoms with E-state index >= 15 is 0 Å². The number of aliphatic hydroxyl groups is 1. The molecule has 0 unspecified atom stereocenters. The van der Waals surface area contributed by atoms with Crippen molar-refractivity contribution in [2.24, 2.45) is 0 Å². The average molecular weight is 539 g/mol. The zero-order valence-electron chi connectivity index (χ0n) is 23.0. The number of hydrogen-bond acceptors (Lipinski definition) is 8. The van der Waals surface area contributed by atoms with E-state index in [9.17, 15) is 19.5 Å². The van der Waals surface area contributed by atoms with E-state index in [-0.39, 0.29) is 24.2 Å². The number of ether oxygens (including phenoxy) is 1. The molecule has 0 radical (unpaired) electrons. The second kappa shape index (κ2) is 12.0. The molecule has 2 aromatic rings. The lowest BCUT2D eigenvalue weighted by atomic mass is 9.91. The Morgan fingerprint density at radius 1 is 1.13 bits per heavy atom. The van der Waals surface area contributed by atoms with Crippen LogP contribution in [0, 0.1) is 0 Å². The number of anilines is 1. The van der Waals surface area contributed by atoms with Crippen LogP contribution in [-0.4, -0.2) is 86.2 Å². The molecule has 2 atom stereocenters. The first kappa shape index (κ1) is 28.3. The Hall–Kier alpha value is -3.73. The number of fused-ring (bicyclic) bond motifs is 1. The third-order valence-electron chi connectivity index (χ3n) is 7.02. The molecule has 3 heterocycles. The molecule has 11 nitrogen and oxygen atoms in total. The van der Waals surface area contributed by atoms with E-state index in [2.05, 4.69) is 20.6 Å². The number of nitrogens with one attached hydrogen (secondary N) is 2. The first-order chi connectivity index (χ1) is 18.5. The highest BCUT2D eigenvalue weighted by atomic mass is 16.6. The highest BCUT2D eigenvalue weighted by molar-refractivity contribution is 5.92. The maximum absolute atomic E-state index is 13.0. The zero-order chi connectivity index (χ0) is 28.2. The van der Waals surface area contributed by atoms with Gasteiger partial charge in [-0.1, -0.05) is 24.3 Å². The summed E-state index contributed by atoms with van der Waals surface area (Å²) >= 11 is 0. The van der Waals surface area contributed by atoms with Crippen LogP contribution >= 0.6 is 0 Å². The minimum Gasteiger partial charge on any atom is -0.444 e. The average Bonchev–Trinajstić information content (AvgIpc) is 2.90. The summed E-state index contributed by atoms with van der Waals surface area (Å²) in [5.41, 5.74) is 1.54. The molecule has 1 saturated heterocycles. The molecular weight excluding hydrogens is 500 g/mol. The molecule has 39 heavy (non-hydrogen) atoms. The molecule has 1 aromatic heterocycles. The molecule has 4 rings (SSSR count). The SMILES string of the molecule is CC(=O)N1CCC(Nc2cc(C(=O)NC[C@@H](O)[C@@H]3Cc4ccccc4CN3C(=O)OC(C)(C)C)ncn2)CC1. The van der Waals surface area contributed by atoms with Crippen LogP contribution in [0.4, 0.5) is 10.6 Å². The standard InChI is InChI=1S/C28H38N6O5/c1-18(35)33-11-9-21(10-12-33)32-25-14-22(30-17-31-25)26(37)29-15-24(36)23-13-19-7-5-6-8-20(19)16-34(23)27(38)39-28(2,3)4/h5-8,14,17,21,23-24,36H,9-13,15-16H2,1-4H3,(H,29,37)(H,30,31,32)/t23-,24+/m0/s1. The number of aliphatic hydroxyl groups excluding tert-OH is 1. The lowest BCUT2D eigenvalue weighted by Gasteiger charge is -2.40. The maximum atomic E-state index is 13.0. The minimum atomic E-state index is -1.03. The molecule has 0 bridgehead atoms. The summed E-state index contributed by atoms with van der Waals surface area (Å²) in [6.45, 7) is 8.57. The quantitative estimate of drug-likeness (QED) is 0.510. The summed E-state index contributed by atoms with van der Waals surface area (Å²) in [5, 5.41) is 17.2. The van der Waals surface area contributed by atoms with Gasteiger partial charge in [-0.05, 0) is 51.2 Å². The first-order valence-electron chi connectivity index (χ1n) is 13.4. The van der Waals surface area contributed by atoms with Crippen molar-refractivity contribution in [3.05, 3.63) is 53.5 Å². The number of benzene rings is 1. The molecule has 0 saturated carbocycles. The van der Waals surface area contributed by atoms with Gasteiger partial charge in [0.25, 0.3) is 5.91 Å². The Morgan fingerprint density at radius 2 is 1.82 bits per heavy atom. The Kier molecular flexibility index (Phi) is 8.69. The number of likely N-dealkylation sites (tertiary alicyclic amines) is 1. The van der Waals surface area contributed by atoms with Gasteiger partial charge in [0.2, 0.25) is 5.91 Å². The second-order valence-electron chi connectivity index (χ2n) is 11.1. The van der Waals surface area contributed by atoms with Crippen LogP contribution in [-0.2, 0) is 22.5 Å². The summed E-state index contributed by atoms with van der Waals surface area (Å²) in [4.78, 5) is 49.1. The van der Waals surface area contributed by atoms with Crippen LogP contribution in [0.2, 0.25) is 0 Å². The summed E-state index contributed by atoms with van der Waals surface area (Å²) in [6, 6.07) is 8.94. The van der Waals surface area contributed by atoms with Crippen molar-refractivity contribution in [2.75, 3.05) is 25.0 Å². The van der Waals surface area contributed by atoms with Gasteiger partial charge in [-0.2, -0.15) is 0 Å². The number of aromatic nitrogens is 2. The van der Waals surface area contributed by atoms with Gasteiger partial charge in [0.15, 0.2) is 0 Å². The molecule has 3 N–H and O–H groups in total. The number of nitrogens with zero attached hydrogens (tertiary/aromatic N) is 4. The van der Waals surface area contributed by atoms with E-state index in [0.29, 0.717) is 31.9 Å². The first-order valence-corrected chi connectivity index (χ1v) is 13.4. The number of amides is 3. The van der Waals surface area contributed by atoms with Crippen LogP contribution in [0.5, 0.6) is 0 Å². The largest absolute Gasteiger partial charge is 0.444 e. The summed E-state index contributed by atoms with van der Waals surface area (Å²) in [5.74, 6) is 0.145. The van der Waals surface area contributed by atoms with E-state index < -0.39 is 29.7 Å². The van der Waals surface area contributed by atoms with Crippen LogP contribution in [0.1, 0.15) is 62.2 Å². The van der Waals surface area contributed by atoms with Crippen molar-refractivity contribution in [3.63, 3.8) is 0 Å². The van der Waals surface area contributed by atoms with Crippen LogP contribution in [0.3, 0.4) is 0 Å². The van der Waals surface area contributed by atoms with Gasteiger partial charge in [0, 0.05) is 45.2 Å². The number of piperidine rings is 1. The molecular formula is C28H38N6O5. The normalized spacial score (nSPS) is 18.6. The molecule has 2 aliphatic rings. The Balaban J connectivity index is 1.37. The predicted octanol–water partition coefficient (Wildman–Crippen LogP) is 2.35. The third kappa shape index (κ3) is 7.44. The predicted molar refractivity (Wildman–Crippen MR) is 145 cm³/mol. The summed E-state index contributed by atoms with van der Waals surface area (Å²) in [7, 11) is 0. The van der Waals surface area contributed by atoms with Crippen molar-refractivity contribution >= 4 is 23.7 Å². The number of rotatable bonds is 6. The minimum absolute atomic E-state index is 0.0682. The fourth-order valence-electron chi connectivity index (χ4n) is 4.94. The van der Waals surface area contributed by atoms with Crippen LogP contribution in [0.25, 0.3) is 0 Å². The number of hydrogen-bond donors (Lipinski definition) is 3. The van der Waals surface area contributed by atoms with Crippen molar-refractivity contribution in [3.8, 4) is 0 Å². The smallest absolute Gasteiger partial charge is 0.410 e. The van der Waals surface area contributed by atoms with Crippen molar-refractivity contribution in [1.29, 1.82) is 0 Å². The highest BCUT2D eigenvalue weighted by Crippen LogP contribution is 2.27. The number of carbonyl (C=O) groups is 3. The zero-order valence-corrected chi connectivity index (χ0v) is 23.0. The van der Waals surface area contributed by atoms with Gasteiger partial charge in [-0.25, -0.2) is 14.8 Å². The van der Waals surface area contributed by atoms with E-state index in [1.807, 2.05) is 29.2 Å². The topological polar surface area (TPSA) is 137 Å².